The number of nitrogens with one attached hydrogen (secondary N) is 2. The van der Waals surface area contributed by atoms with Gasteiger partial charge in [-0.3, -0.25) is 15.1 Å². The zero-order valence-electron chi connectivity index (χ0n) is 8.68. The normalized spacial score (nSPS) is 16.9. The van der Waals surface area contributed by atoms with Crippen molar-refractivity contribution in [2.75, 3.05) is 19.6 Å². The second kappa shape index (κ2) is 4.81. The van der Waals surface area contributed by atoms with E-state index < -0.39 is 0 Å². The summed E-state index contributed by atoms with van der Waals surface area (Å²) in [5, 5.41) is 13.7. The highest BCUT2D eigenvalue weighted by molar-refractivity contribution is 5.77. The van der Waals surface area contributed by atoms with Crippen molar-refractivity contribution in [3.05, 3.63) is 11.9 Å². The molecule has 1 aliphatic rings. The summed E-state index contributed by atoms with van der Waals surface area (Å²) in [6.45, 7) is 1.74. The maximum Gasteiger partial charge on any atom is 0.248 e. The Morgan fingerprint density at radius 3 is 3.25 bits per heavy atom. The van der Waals surface area contributed by atoms with Gasteiger partial charge >= 0.3 is 0 Å². The predicted molar refractivity (Wildman–Crippen MR) is 55.5 cm³/mol. The molecule has 1 amide bonds. The fraction of sp³-hybridized carbons (Fsp3) is 0.500. The number of hydrogen-bond acceptors (Lipinski definition) is 6. The van der Waals surface area contributed by atoms with Gasteiger partial charge in [0.1, 0.15) is 0 Å². The number of aromatic amines is 1. The molecule has 1 aromatic heterocycles. The Labute approximate surface area is 91.8 Å². The molecule has 0 spiro atoms. The molecule has 86 valence electrons. The van der Waals surface area contributed by atoms with Crippen molar-refractivity contribution in [1.82, 2.24) is 30.9 Å². The number of amides is 1. The molecule has 16 heavy (non-hydrogen) atoms. The van der Waals surface area contributed by atoms with Gasteiger partial charge in [-0.1, -0.05) is 6.08 Å². The number of hydrazine groups is 1. The van der Waals surface area contributed by atoms with Crippen LogP contribution in [-0.4, -0.2) is 51.1 Å². The molecule has 0 aromatic carbocycles. The minimum atomic E-state index is -0.200. The van der Waals surface area contributed by atoms with Crippen LogP contribution in [0.5, 0.6) is 0 Å². The minimum Gasteiger partial charge on any atom is -0.293 e. The molecule has 8 nitrogen and oxygen atoms in total. The largest absolute Gasteiger partial charge is 0.293 e. The van der Waals surface area contributed by atoms with Crippen molar-refractivity contribution in [3.63, 3.8) is 0 Å². The highest BCUT2D eigenvalue weighted by Crippen LogP contribution is 2.15. The van der Waals surface area contributed by atoms with Gasteiger partial charge < -0.3 is 0 Å². The lowest BCUT2D eigenvalue weighted by Crippen LogP contribution is -2.42. The summed E-state index contributed by atoms with van der Waals surface area (Å²) in [6.07, 6.45) is 2.92. The molecule has 2 heterocycles. The minimum absolute atomic E-state index is 0.200. The van der Waals surface area contributed by atoms with Crippen LogP contribution in [0.15, 0.2) is 6.08 Å². The number of nitrogens with zero attached hydrogens (tertiary/aromatic N) is 4. The SMILES string of the molecule is NNC(=O)CN1CCC=C(c2nn[nH]n2)C1. The first-order chi connectivity index (χ1) is 7.79. The first-order valence-corrected chi connectivity index (χ1v) is 4.94. The lowest BCUT2D eigenvalue weighted by Gasteiger charge is -2.24. The summed E-state index contributed by atoms with van der Waals surface area (Å²) in [4.78, 5) is 13.1. The van der Waals surface area contributed by atoms with Crippen molar-refractivity contribution in [3.8, 4) is 0 Å². The highest BCUT2D eigenvalue weighted by atomic mass is 16.2. The molecular weight excluding hydrogens is 210 g/mol. The summed E-state index contributed by atoms with van der Waals surface area (Å²) in [5.41, 5.74) is 3.09. The second-order valence-corrected chi connectivity index (χ2v) is 3.53. The molecule has 1 aliphatic heterocycles. The van der Waals surface area contributed by atoms with Crippen LogP contribution in [0.1, 0.15) is 12.2 Å². The van der Waals surface area contributed by atoms with Gasteiger partial charge in [-0.25, -0.2) is 5.84 Å². The molecule has 0 aliphatic carbocycles. The maximum atomic E-state index is 11.1. The Balaban J connectivity index is 1.98. The Morgan fingerprint density at radius 2 is 2.56 bits per heavy atom. The maximum absolute atomic E-state index is 11.1. The fourth-order valence-corrected chi connectivity index (χ4v) is 1.65. The molecule has 2 rings (SSSR count). The van der Waals surface area contributed by atoms with Crippen LogP contribution >= 0.6 is 0 Å². The summed E-state index contributed by atoms with van der Waals surface area (Å²) >= 11 is 0. The Bertz CT molecular complexity index is 385. The van der Waals surface area contributed by atoms with E-state index in [4.69, 9.17) is 5.84 Å². The van der Waals surface area contributed by atoms with E-state index in [1.807, 2.05) is 4.90 Å². The van der Waals surface area contributed by atoms with E-state index in [0.29, 0.717) is 12.4 Å². The molecule has 0 saturated carbocycles. The molecule has 8 heteroatoms. The van der Waals surface area contributed by atoms with Crippen LogP contribution in [0.2, 0.25) is 0 Å². The molecular formula is C8H13N7O. The van der Waals surface area contributed by atoms with Crippen molar-refractivity contribution in [1.29, 1.82) is 0 Å². The summed E-state index contributed by atoms with van der Waals surface area (Å²) in [6, 6.07) is 0. The number of nitrogens with two attached hydrogens (primary N) is 1. The van der Waals surface area contributed by atoms with Crippen molar-refractivity contribution in [2.45, 2.75) is 6.42 Å². The predicted octanol–water partition coefficient (Wildman–Crippen LogP) is -1.72. The van der Waals surface area contributed by atoms with Crippen molar-refractivity contribution >= 4 is 11.5 Å². The van der Waals surface area contributed by atoms with Crippen LogP contribution in [0.4, 0.5) is 0 Å². The summed E-state index contributed by atoms with van der Waals surface area (Å²) in [7, 11) is 0. The van der Waals surface area contributed by atoms with Crippen LogP contribution in [-0.2, 0) is 4.79 Å². The van der Waals surface area contributed by atoms with Crippen LogP contribution in [0.25, 0.3) is 5.57 Å². The van der Waals surface area contributed by atoms with Gasteiger partial charge in [0.25, 0.3) is 0 Å². The topological polar surface area (TPSA) is 113 Å². The fourth-order valence-electron chi connectivity index (χ4n) is 1.65. The van der Waals surface area contributed by atoms with Gasteiger partial charge in [-0.15, -0.1) is 10.2 Å². The van der Waals surface area contributed by atoms with E-state index in [9.17, 15) is 4.79 Å². The van der Waals surface area contributed by atoms with E-state index in [1.165, 1.54) is 0 Å². The third kappa shape index (κ3) is 2.41. The van der Waals surface area contributed by atoms with Crippen molar-refractivity contribution < 1.29 is 4.79 Å². The van der Waals surface area contributed by atoms with Crippen LogP contribution < -0.4 is 11.3 Å². The molecule has 0 fully saturated rings. The molecule has 0 bridgehead atoms. The van der Waals surface area contributed by atoms with E-state index in [0.717, 1.165) is 18.5 Å². The summed E-state index contributed by atoms with van der Waals surface area (Å²) in [5.74, 6) is 5.42. The van der Waals surface area contributed by atoms with E-state index in [1.54, 1.807) is 0 Å². The highest BCUT2D eigenvalue weighted by Gasteiger charge is 2.18. The van der Waals surface area contributed by atoms with E-state index in [-0.39, 0.29) is 12.5 Å². The number of rotatable bonds is 3. The third-order valence-electron chi connectivity index (χ3n) is 2.39. The monoisotopic (exact) mass is 223 g/mol. The third-order valence-corrected chi connectivity index (χ3v) is 2.39. The van der Waals surface area contributed by atoms with Crippen molar-refractivity contribution in [2.24, 2.45) is 5.84 Å². The lowest BCUT2D eigenvalue weighted by molar-refractivity contribution is -0.122. The summed E-state index contributed by atoms with van der Waals surface area (Å²) < 4.78 is 0. The van der Waals surface area contributed by atoms with E-state index in [2.05, 4.69) is 32.1 Å². The zero-order valence-corrected chi connectivity index (χ0v) is 8.68. The molecule has 0 atom stereocenters. The number of tetrazole rings is 1. The van der Waals surface area contributed by atoms with Crippen LogP contribution in [0.3, 0.4) is 0 Å². The van der Waals surface area contributed by atoms with Gasteiger partial charge in [0, 0.05) is 18.7 Å². The van der Waals surface area contributed by atoms with Gasteiger partial charge in [0.05, 0.1) is 6.54 Å². The number of carbonyl (C=O) groups is 1. The van der Waals surface area contributed by atoms with Gasteiger partial charge in [0.15, 0.2) is 0 Å². The van der Waals surface area contributed by atoms with Gasteiger partial charge in [0.2, 0.25) is 11.7 Å². The lowest BCUT2D eigenvalue weighted by atomic mass is 10.1. The second-order valence-electron chi connectivity index (χ2n) is 3.53. The number of hydrogen-bond donors (Lipinski definition) is 3. The average molecular weight is 223 g/mol. The number of carbonyl (C=O) groups excluding carboxylic acids is 1. The molecule has 0 radical (unpaired) electrons. The standard InChI is InChI=1S/C8H13N7O/c9-10-7(16)5-15-3-1-2-6(4-15)8-11-13-14-12-8/h2H,1,3-5,9H2,(H,10,16)(H,11,12,13,14). The molecule has 4 N–H and O–H groups in total. The number of H-pyrrole nitrogens is 1. The molecule has 0 saturated heterocycles. The van der Waals surface area contributed by atoms with Gasteiger partial charge in [-0.05, 0) is 11.6 Å². The first-order valence-electron chi connectivity index (χ1n) is 4.94. The van der Waals surface area contributed by atoms with Gasteiger partial charge in [-0.2, -0.15) is 5.21 Å². The Kier molecular flexibility index (Phi) is 3.22. The van der Waals surface area contributed by atoms with E-state index >= 15 is 0 Å². The Morgan fingerprint density at radius 1 is 1.69 bits per heavy atom. The zero-order chi connectivity index (χ0) is 11.4. The number of aromatic nitrogens is 4. The van der Waals surface area contributed by atoms with Crippen LogP contribution in [0, 0.1) is 0 Å². The molecule has 0 unspecified atom stereocenters. The smallest absolute Gasteiger partial charge is 0.248 e. The first kappa shape index (κ1) is 10.7. The Hall–Kier alpha value is -1.80. The quantitative estimate of drug-likeness (QED) is 0.319. The average Bonchev–Trinajstić information content (AvgIpc) is 2.83. The molecule has 1 aromatic rings.